The van der Waals surface area contributed by atoms with Crippen LogP contribution in [-0.4, -0.2) is 35.3 Å². The number of hydrogen-bond acceptors (Lipinski definition) is 3. The largest absolute Gasteiger partial charge is 0.320 e. The Labute approximate surface area is 155 Å². The highest BCUT2D eigenvalue weighted by Crippen LogP contribution is 2.44. The molecular formula is C20H18FN3O3. The van der Waals surface area contributed by atoms with Crippen LogP contribution in [0.3, 0.4) is 0 Å². The second-order valence-electron chi connectivity index (χ2n) is 6.86. The quantitative estimate of drug-likeness (QED) is 0.887. The number of benzene rings is 2. The highest BCUT2D eigenvalue weighted by Gasteiger charge is 2.59. The highest BCUT2D eigenvalue weighted by atomic mass is 19.1. The van der Waals surface area contributed by atoms with Gasteiger partial charge < -0.3 is 10.2 Å². The molecule has 2 aromatic rings. The number of nitrogens with zero attached hydrogens (tertiary/aromatic N) is 2. The first-order valence-electron chi connectivity index (χ1n) is 8.64. The lowest BCUT2D eigenvalue weighted by atomic mass is 9.96. The summed E-state index contributed by atoms with van der Waals surface area (Å²) >= 11 is 0. The first-order valence-corrected chi connectivity index (χ1v) is 8.64. The fourth-order valence-corrected chi connectivity index (χ4v) is 3.89. The average Bonchev–Trinajstić information content (AvgIpc) is 3.01. The van der Waals surface area contributed by atoms with E-state index in [9.17, 15) is 18.8 Å². The lowest BCUT2D eigenvalue weighted by Crippen LogP contribution is -2.68. The van der Waals surface area contributed by atoms with E-state index < -0.39 is 17.4 Å². The molecule has 2 heterocycles. The van der Waals surface area contributed by atoms with Gasteiger partial charge in [-0.15, -0.1) is 0 Å². The first kappa shape index (κ1) is 17.2. The molecule has 0 aromatic heterocycles. The number of para-hydroxylation sites is 1. The topological polar surface area (TPSA) is 69.7 Å². The van der Waals surface area contributed by atoms with Gasteiger partial charge >= 0.3 is 0 Å². The third-order valence-electron chi connectivity index (χ3n) is 5.28. The van der Waals surface area contributed by atoms with Gasteiger partial charge in [0.1, 0.15) is 5.82 Å². The van der Waals surface area contributed by atoms with Gasteiger partial charge in [0.05, 0.1) is 16.9 Å². The summed E-state index contributed by atoms with van der Waals surface area (Å²) in [6.45, 7) is 1.78. The molecule has 138 valence electrons. The standard InChI is InChI=1S/C20H18FN3O3/c1-12-7-8-14(21)15(11-12)22-19(27)20-10-9-17(25)24(20)16-6-4-3-5-13(16)18(26)23(20)2/h3-8,11H,9-10H2,1-2H3,(H,22,27)/t20-/m1/s1. The van der Waals surface area contributed by atoms with Gasteiger partial charge in [-0.2, -0.15) is 0 Å². The van der Waals surface area contributed by atoms with Gasteiger partial charge in [-0.3, -0.25) is 19.3 Å². The zero-order chi connectivity index (χ0) is 19.3. The van der Waals surface area contributed by atoms with Gasteiger partial charge in [0.15, 0.2) is 0 Å². The number of rotatable bonds is 2. The van der Waals surface area contributed by atoms with Crippen LogP contribution in [-0.2, 0) is 9.59 Å². The smallest absolute Gasteiger partial charge is 0.271 e. The number of anilines is 2. The fourth-order valence-electron chi connectivity index (χ4n) is 3.89. The molecule has 0 radical (unpaired) electrons. The van der Waals surface area contributed by atoms with Crippen LogP contribution in [0.4, 0.5) is 15.8 Å². The molecule has 0 bridgehead atoms. The Balaban J connectivity index is 1.82. The van der Waals surface area contributed by atoms with E-state index in [1.54, 1.807) is 37.3 Å². The number of aryl methyl sites for hydroxylation is 1. The summed E-state index contributed by atoms with van der Waals surface area (Å²) in [5, 5.41) is 2.58. The van der Waals surface area contributed by atoms with Crippen LogP contribution in [0, 0.1) is 12.7 Å². The highest BCUT2D eigenvalue weighted by molar-refractivity contribution is 6.18. The van der Waals surface area contributed by atoms with Crippen LogP contribution < -0.4 is 10.2 Å². The maximum Gasteiger partial charge on any atom is 0.271 e. The van der Waals surface area contributed by atoms with Gasteiger partial charge in [-0.25, -0.2) is 4.39 Å². The second-order valence-corrected chi connectivity index (χ2v) is 6.86. The number of halogens is 1. The van der Waals surface area contributed by atoms with Crippen molar-refractivity contribution in [1.29, 1.82) is 0 Å². The number of likely N-dealkylation sites (N-methyl/N-ethyl adjacent to an activating group) is 1. The molecule has 0 spiro atoms. The first-order chi connectivity index (χ1) is 12.9. The maximum absolute atomic E-state index is 14.2. The Morgan fingerprint density at radius 2 is 1.93 bits per heavy atom. The van der Waals surface area contributed by atoms with Crippen LogP contribution in [0.15, 0.2) is 42.5 Å². The zero-order valence-electron chi connectivity index (χ0n) is 15.0. The molecule has 1 fully saturated rings. The van der Waals surface area contributed by atoms with Crippen molar-refractivity contribution >= 4 is 29.1 Å². The van der Waals surface area contributed by atoms with Crippen molar-refractivity contribution in [3.63, 3.8) is 0 Å². The molecule has 3 amide bonds. The van der Waals surface area contributed by atoms with Gasteiger partial charge in [-0.05, 0) is 36.8 Å². The van der Waals surface area contributed by atoms with Crippen LogP contribution in [0.1, 0.15) is 28.8 Å². The van der Waals surface area contributed by atoms with Crippen molar-refractivity contribution in [2.24, 2.45) is 0 Å². The summed E-state index contributed by atoms with van der Waals surface area (Å²) in [4.78, 5) is 41.5. The van der Waals surface area contributed by atoms with Crippen LogP contribution in [0.2, 0.25) is 0 Å². The van der Waals surface area contributed by atoms with E-state index in [2.05, 4.69) is 5.32 Å². The van der Waals surface area contributed by atoms with E-state index in [4.69, 9.17) is 0 Å². The molecular weight excluding hydrogens is 349 g/mol. The minimum absolute atomic E-state index is 0.0216. The summed E-state index contributed by atoms with van der Waals surface area (Å²) in [6, 6.07) is 11.1. The summed E-state index contributed by atoms with van der Waals surface area (Å²) in [6.07, 6.45) is 0.261. The lowest BCUT2D eigenvalue weighted by molar-refractivity contribution is -0.128. The van der Waals surface area contributed by atoms with Gasteiger partial charge in [0.2, 0.25) is 11.6 Å². The van der Waals surface area contributed by atoms with Crippen LogP contribution in [0.5, 0.6) is 0 Å². The predicted molar refractivity (Wildman–Crippen MR) is 97.8 cm³/mol. The minimum Gasteiger partial charge on any atom is -0.320 e. The second kappa shape index (κ2) is 5.90. The van der Waals surface area contributed by atoms with E-state index >= 15 is 0 Å². The Bertz CT molecular complexity index is 990. The van der Waals surface area contributed by atoms with Gasteiger partial charge in [0, 0.05) is 19.9 Å². The van der Waals surface area contributed by atoms with Crippen molar-refractivity contribution in [3.8, 4) is 0 Å². The molecule has 1 N–H and O–H groups in total. The Kier molecular flexibility index (Phi) is 3.76. The van der Waals surface area contributed by atoms with Crippen LogP contribution >= 0.6 is 0 Å². The molecule has 1 atom stereocenters. The number of amides is 3. The van der Waals surface area contributed by atoms with Gasteiger partial charge in [-0.1, -0.05) is 18.2 Å². The monoisotopic (exact) mass is 367 g/mol. The molecule has 2 aliphatic rings. The van der Waals surface area contributed by atoms with Gasteiger partial charge in [0.25, 0.3) is 11.8 Å². The molecule has 7 heteroatoms. The average molecular weight is 367 g/mol. The molecule has 27 heavy (non-hydrogen) atoms. The number of fused-ring (bicyclic) bond motifs is 3. The molecule has 1 saturated heterocycles. The molecule has 6 nitrogen and oxygen atoms in total. The predicted octanol–water partition coefficient (Wildman–Crippen LogP) is 2.68. The lowest BCUT2D eigenvalue weighted by Gasteiger charge is -2.47. The fraction of sp³-hybridized carbons (Fsp3) is 0.250. The van der Waals surface area contributed by atoms with Crippen molar-refractivity contribution in [1.82, 2.24) is 4.90 Å². The molecule has 0 aliphatic carbocycles. The number of nitrogens with one attached hydrogen (secondary N) is 1. The van der Waals surface area contributed by atoms with E-state index in [-0.39, 0.29) is 30.3 Å². The molecule has 0 unspecified atom stereocenters. The van der Waals surface area contributed by atoms with E-state index in [1.807, 2.05) is 0 Å². The van der Waals surface area contributed by atoms with E-state index in [1.165, 1.54) is 29.0 Å². The molecule has 4 rings (SSSR count). The maximum atomic E-state index is 14.2. The normalized spacial score (nSPS) is 21.1. The van der Waals surface area contributed by atoms with Crippen LogP contribution in [0.25, 0.3) is 0 Å². The number of carbonyl (C=O) groups excluding carboxylic acids is 3. The van der Waals surface area contributed by atoms with Crippen molar-refractivity contribution in [3.05, 3.63) is 59.4 Å². The Hall–Kier alpha value is -3.22. The summed E-state index contributed by atoms with van der Waals surface area (Å²) in [5.41, 5.74) is 0.0531. The molecule has 2 aromatic carbocycles. The minimum atomic E-state index is -1.52. The zero-order valence-corrected chi connectivity index (χ0v) is 15.0. The van der Waals surface area contributed by atoms with E-state index in [0.717, 1.165) is 5.56 Å². The Morgan fingerprint density at radius 3 is 2.70 bits per heavy atom. The van der Waals surface area contributed by atoms with E-state index in [0.29, 0.717) is 11.3 Å². The molecule has 2 aliphatic heterocycles. The SMILES string of the molecule is Cc1ccc(F)c(NC(=O)[C@@]23CCC(=O)N2c2ccccc2C(=O)N3C)c1. The molecule has 0 saturated carbocycles. The number of hydrogen-bond donors (Lipinski definition) is 1. The van der Waals surface area contributed by atoms with Crippen molar-refractivity contribution in [2.75, 3.05) is 17.3 Å². The Morgan fingerprint density at radius 1 is 1.19 bits per heavy atom. The summed E-state index contributed by atoms with van der Waals surface area (Å²) in [5.74, 6) is -1.78. The van der Waals surface area contributed by atoms with Crippen molar-refractivity contribution < 1.29 is 18.8 Å². The third-order valence-corrected chi connectivity index (χ3v) is 5.28. The van der Waals surface area contributed by atoms with Crippen molar-refractivity contribution in [2.45, 2.75) is 25.4 Å². The third kappa shape index (κ3) is 2.34. The summed E-state index contributed by atoms with van der Waals surface area (Å²) in [7, 11) is 1.50. The number of carbonyl (C=O) groups is 3. The summed E-state index contributed by atoms with van der Waals surface area (Å²) < 4.78 is 14.2.